The van der Waals surface area contributed by atoms with E-state index in [1.165, 1.54) is 7.11 Å². The number of carboxylic acids is 1. The molecule has 0 radical (unpaired) electrons. The number of carboxylic acid groups (broad SMARTS) is 1. The van der Waals surface area contributed by atoms with E-state index in [0.29, 0.717) is 0 Å². The van der Waals surface area contributed by atoms with Gasteiger partial charge in [-0.05, 0) is 38.8 Å². The first kappa shape index (κ1) is 42.9. The molecule has 0 saturated heterocycles. The van der Waals surface area contributed by atoms with E-state index in [4.69, 9.17) is 14.6 Å². The molecule has 0 aliphatic heterocycles. The lowest BCUT2D eigenvalue weighted by Crippen LogP contribution is -2.42. The lowest BCUT2D eigenvalue weighted by molar-refractivity contribution is -0.172. The van der Waals surface area contributed by atoms with E-state index >= 15 is 0 Å². The van der Waals surface area contributed by atoms with Crippen LogP contribution < -0.4 is 0 Å². The van der Waals surface area contributed by atoms with Crippen molar-refractivity contribution in [1.29, 1.82) is 0 Å². The maximum atomic E-state index is 12.2. The fraction of sp³-hybridized carbons (Fsp3) is 0.429. The topological polar surface area (TPSA) is 157 Å². The van der Waals surface area contributed by atoms with Crippen LogP contribution in [0.1, 0.15) is 79.4 Å². The quantitative estimate of drug-likeness (QED) is 0.130. The van der Waals surface area contributed by atoms with E-state index in [0.717, 1.165) is 22.3 Å². The Labute approximate surface area is 267 Å². The zero-order chi connectivity index (χ0) is 32.5. The molecule has 0 saturated carbocycles. The van der Waals surface area contributed by atoms with E-state index in [9.17, 15) is 29.4 Å². The number of aliphatic hydroxyl groups is 2. The summed E-state index contributed by atoms with van der Waals surface area (Å²) >= 11 is 0. The largest absolute Gasteiger partial charge is 0.481 e. The van der Waals surface area contributed by atoms with E-state index in [1.807, 2.05) is 50.2 Å². The molecule has 2 aromatic rings. The molecule has 0 amide bonds. The molecule has 0 heterocycles. The fourth-order valence-corrected chi connectivity index (χ4v) is 3.48. The third-order valence-electron chi connectivity index (χ3n) is 5.99. The molecule has 10 heteroatoms. The van der Waals surface area contributed by atoms with E-state index < -0.39 is 47.9 Å². The van der Waals surface area contributed by atoms with E-state index in [2.05, 4.69) is 4.74 Å². The van der Waals surface area contributed by atoms with Crippen LogP contribution >= 0.6 is 0 Å². The van der Waals surface area contributed by atoms with Crippen LogP contribution in [0.4, 0.5) is 0 Å². The summed E-state index contributed by atoms with van der Waals surface area (Å²) in [6, 6.07) is 18.1. The molecule has 3 N–H and O–H groups in total. The fourth-order valence-electron chi connectivity index (χ4n) is 3.48. The molecule has 0 bridgehead atoms. The van der Waals surface area contributed by atoms with Crippen LogP contribution in [-0.2, 0) is 46.6 Å². The van der Waals surface area contributed by atoms with Gasteiger partial charge in [0.1, 0.15) is 13.2 Å². The van der Waals surface area contributed by atoms with Crippen molar-refractivity contribution in [1.82, 2.24) is 0 Å². The first-order chi connectivity index (χ1) is 20.2. The summed E-state index contributed by atoms with van der Waals surface area (Å²) in [4.78, 5) is 46.5. The zero-order valence-electron chi connectivity index (χ0n) is 25.4. The van der Waals surface area contributed by atoms with Gasteiger partial charge in [-0.1, -0.05) is 98.8 Å². The Balaban J connectivity index is 0. The van der Waals surface area contributed by atoms with Gasteiger partial charge in [0.05, 0.1) is 20.0 Å². The van der Waals surface area contributed by atoms with Gasteiger partial charge in [0.2, 0.25) is 0 Å². The third-order valence-corrected chi connectivity index (χ3v) is 5.99. The molecule has 0 unspecified atom stereocenters. The third kappa shape index (κ3) is 17.0. The van der Waals surface area contributed by atoms with Gasteiger partial charge < -0.3 is 29.5 Å². The Hall–Kier alpha value is -4.28. The van der Waals surface area contributed by atoms with Crippen LogP contribution in [0.15, 0.2) is 84.0 Å². The van der Waals surface area contributed by atoms with Gasteiger partial charge in [-0.3, -0.25) is 9.59 Å². The molecular weight excluding hydrogens is 580 g/mol. The first-order valence-corrected chi connectivity index (χ1v) is 13.6. The first-order valence-electron chi connectivity index (χ1n) is 13.6. The Morgan fingerprint density at radius 3 is 1.33 bits per heavy atom. The van der Waals surface area contributed by atoms with Crippen molar-refractivity contribution in [2.24, 2.45) is 0 Å². The minimum Gasteiger partial charge on any atom is -0.481 e. The number of carbonyl (C=O) groups excluding carboxylic acids is 3. The van der Waals surface area contributed by atoms with Crippen LogP contribution in [0, 0.1) is 0 Å². The van der Waals surface area contributed by atoms with Crippen molar-refractivity contribution in [3.63, 3.8) is 0 Å². The van der Waals surface area contributed by atoms with Crippen LogP contribution in [-0.4, -0.2) is 57.5 Å². The number of allylic oxidation sites excluding steroid dienone is 2. The summed E-state index contributed by atoms with van der Waals surface area (Å²) in [5.41, 5.74) is -0.574. The van der Waals surface area contributed by atoms with E-state index in [1.54, 1.807) is 50.3 Å². The Kier molecular flexibility index (Phi) is 20.4. The highest BCUT2D eigenvalue weighted by molar-refractivity contribution is 5.86. The number of esters is 3. The predicted octanol–water partition coefficient (Wildman–Crippen LogP) is 5.94. The van der Waals surface area contributed by atoms with E-state index in [-0.39, 0.29) is 40.9 Å². The molecule has 0 aliphatic rings. The Morgan fingerprint density at radius 1 is 0.667 bits per heavy atom. The number of aliphatic carboxylic acids is 1. The highest BCUT2D eigenvalue weighted by Crippen LogP contribution is 2.22. The summed E-state index contributed by atoms with van der Waals surface area (Å²) in [5, 5.41) is 29.6. The lowest BCUT2D eigenvalue weighted by Gasteiger charge is -2.23. The predicted molar refractivity (Wildman–Crippen MR) is 173 cm³/mol. The van der Waals surface area contributed by atoms with Crippen LogP contribution in [0.25, 0.3) is 0 Å². The number of benzene rings is 2. The number of hydrogen-bond acceptors (Lipinski definition) is 9. The normalized spacial score (nSPS) is 12.4. The number of rotatable bonds is 14. The summed E-state index contributed by atoms with van der Waals surface area (Å²) in [5.74, 6) is -3.68. The molecule has 250 valence electrons. The standard InChI is InChI=1S/C17H22O5.C16H20O5.2CH4/c1-13(2)9-10-17(20,11-15(18)21-3)16(19)22-12-14-7-5-4-6-8-14;1-12(2)8-9-16(20,10-14(17)18)15(19)21-11-13-6-4-3-5-7-13;;/h4-9,20H,10-12H2,1-3H3;3-8,20H,9-11H2,1-2H3,(H,17,18);2*1H4/t17-;16-;;/m11../s1. The molecule has 0 aromatic heterocycles. The SMILES string of the molecule is C.C.CC(C)=CC[C@@](O)(CC(=O)O)C(=O)OCc1ccccc1.COC(=O)C[C@](O)(CC=C(C)C)C(=O)OCc1ccccc1. The van der Waals surface area contributed by atoms with Gasteiger partial charge in [-0.25, -0.2) is 9.59 Å². The minimum atomic E-state index is -2.04. The number of methoxy groups -OCH3 is 1. The monoisotopic (exact) mass is 630 g/mol. The maximum Gasteiger partial charge on any atom is 0.339 e. The summed E-state index contributed by atoms with van der Waals surface area (Å²) < 4.78 is 14.7. The second-order valence-corrected chi connectivity index (χ2v) is 10.5. The van der Waals surface area contributed by atoms with Crippen molar-refractivity contribution in [2.45, 2.75) is 92.6 Å². The molecule has 0 aliphatic carbocycles. The lowest BCUT2D eigenvalue weighted by atomic mass is 9.94. The summed E-state index contributed by atoms with van der Waals surface area (Å²) in [6.07, 6.45) is 2.08. The van der Waals surface area contributed by atoms with Crippen molar-refractivity contribution >= 4 is 23.9 Å². The molecule has 0 fully saturated rings. The minimum absolute atomic E-state index is 0. The molecule has 45 heavy (non-hydrogen) atoms. The number of ether oxygens (including phenoxy) is 3. The highest BCUT2D eigenvalue weighted by atomic mass is 16.6. The smallest absolute Gasteiger partial charge is 0.339 e. The average molecular weight is 631 g/mol. The number of hydrogen-bond donors (Lipinski definition) is 3. The maximum absolute atomic E-state index is 12.2. The van der Waals surface area contributed by atoms with Crippen molar-refractivity contribution in [3.05, 3.63) is 95.1 Å². The van der Waals surface area contributed by atoms with Crippen molar-refractivity contribution < 1.29 is 48.7 Å². The molecule has 0 spiro atoms. The number of carbonyl (C=O) groups is 4. The Morgan fingerprint density at radius 2 is 1.02 bits per heavy atom. The average Bonchev–Trinajstić information content (AvgIpc) is 2.97. The molecule has 2 rings (SSSR count). The van der Waals surface area contributed by atoms with Gasteiger partial charge in [0.25, 0.3) is 0 Å². The van der Waals surface area contributed by atoms with Crippen molar-refractivity contribution in [2.75, 3.05) is 7.11 Å². The highest BCUT2D eigenvalue weighted by Gasteiger charge is 2.40. The summed E-state index contributed by atoms with van der Waals surface area (Å²) in [6.45, 7) is 7.32. The second-order valence-electron chi connectivity index (χ2n) is 10.5. The van der Waals surface area contributed by atoms with Gasteiger partial charge in [0, 0.05) is 12.8 Å². The van der Waals surface area contributed by atoms with Crippen molar-refractivity contribution in [3.8, 4) is 0 Å². The van der Waals surface area contributed by atoms with Gasteiger partial charge >= 0.3 is 23.9 Å². The zero-order valence-corrected chi connectivity index (χ0v) is 25.4. The Bertz CT molecular complexity index is 1250. The molecule has 10 nitrogen and oxygen atoms in total. The van der Waals surface area contributed by atoms with Gasteiger partial charge in [-0.2, -0.15) is 0 Å². The molecular formula is C35H50O10. The molecule has 2 atom stereocenters. The summed E-state index contributed by atoms with van der Waals surface area (Å²) in [7, 11) is 1.21. The van der Waals surface area contributed by atoms with Gasteiger partial charge in [0.15, 0.2) is 11.2 Å². The van der Waals surface area contributed by atoms with Crippen LogP contribution in [0.2, 0.25) is 0 Å². The van der Waals surface area contributed by atoms with Gasteiger partial charge in [-0.15, -0.1) is 0 Å². The molecule has 2 aromatic carbocycles. The van der Waals surface area contributed by atoms with Crippen LogP contribution in [0.5, 0.6) is 0 Å². The van der Waals surface area contributed by atoms with Crippen LogP contribution in [0.3, 0.4) is 0 Å². The second kappa shape index (κ2) is 21.4.